The van der Waals surface area contributed by atoms with Crippen molar-refractivity contribution in [3.8, 4) is 0 Å². The molecule has 0 unspecified atom stereocenters. The number of benzene rings is 2. The van der Waals surface area contributed by atoms with Crippen molar-refractivity contribution in [1.29, 1.82) is 0 Å². The number of para-hydroxylation sites is 1. The van der Waals surface area contributed by atoms with Crippen LogP contribution in [0.1, 0.15) is 47.7 Å². The summed E-state index contributed by atoms with van der Waals surface area (Å²) in [7, 11) is 0. The molecule has 4 heteroatoms. The molecule has 2 aromatic carbocycles. The summed E-state index contributed by atoms with van der Waals surface area (Å²) in [5, 5.41) is 0.875. The average molecular weight is 349 g/mol. The highest BCUT2D eigenvalue weighted by Gasteiger charge is 2.22. The number of aromatic amines is 1. The van der Waals surface area contributed by atoms with Crippen LogP contribution in [0.15, 0.2) is 54.7 Å². The highest BCUT2D eigenvalue weighted by Crippen LogP contribution is 2.24. The van der Waals surface area contributed by atoms with Gasteiger partial charge in [-0.15, -0.1) is 0 Å². The third kappa shape index (κ3) is 3.54. The predicted molar refractivity (Wildman–Crippen MR) is 102 cm³/mol. The Labute approximate surface area is 153 Å². The molecular formula is C22H23NO3. The Morgan fingerprint density at radius 3 is 2.50 bits per heavy atom. The van der Waals surface area contributed by atoms with Crippen LogP contribution in [-0.2, 0) is 16.0 Å². The summed E-state index contributed by atoms with van der Waals surface area (Å²) in [6.07, 6.45) is 3.22. The molecule has 1 N–H and O–H groups in total. The van der Waals surface area contributed by atoms with Crippen molar-refractivity contribution in [2.75, 3.05) is 6.61 Å². The highest BCUT2D eigenvalue weighted by atomic mass is 16.5. The van der Waals surface area contributed by atoms with Gasteiger partial charge in [-0.2, -0.15) is 0 Å². The molecule has 0 amide bonds. The SMILES string of the molecule is CCc1cccc2c(C(=O)COC(=O)[C@@H](CC)c3ccccc3)c[nH]c12. The molecule has 1 atom stereocenters. The molecule has 0 bridgehead atoms. The summed E-state index contributed by atoms with van der Waals surface area (Å²) < 4.78 is 5.34. The molecule has 1 aromatic heterocycles. The van der Waals surface area contributed by atoms with E-state index in [-0.39, 0.29) is 24.3 Å². The molecule has 0 aliphatic heterocycles. The number of rotatable bonds is 7. The van der Waals surface area contributed by atoms with Crippen molar-refractivity contribution in [3.63, 3.8) is 0 Å². The fourth-order valence-corrected chi connectivity index (χ4v) is 3.28. The second-order valence-electron chi connectivity index (χ2n) is 6.30. The van der Waals surface area contributed by atoms with Crippen LogP contribution in [-0.4, -0.2) is 23.3 Å². The van der Waals surface area contributed by atoms with Gasteiger partial charge in [0.2, 0.25) is 5.78 Å². The minimum absolute atomic E-state index is 0.194. The van der Waals surface area contributed by atoms with E-state index in [0.29, 0.717) is 12.0 Å². The Kier molecular flexibility index (Phi) is 5.52. The minimum atomic E-state index is -0.360. The van der Waals surface area contributed by atoms with Gasteiger partial charge < -0.3 is 9.72 Å². The number of carbonyl (C=O) groups is 2. The van der Waals surface area contributed by atoms with Gasteiger partial charge in [0, 0.05) is 22.7 Å². The maximum atomic E-state index is 12.6. The lowest BCUT2D eigenvalue weighted by Gasteiger charge is -2.14. The van der Waals surface area contributed by atoms with Crippen LogP contribution in [0.4, 0.5) is 0 Å². The Morgan fingerprint density at radius 1 is 1.04 bits per heavy atom. The molecule has 0 saturated heterocycles. The average Bonchev–Trinajstić information content (AvgIpc) is 3.12. The first kappa shape index (κ1) is 17.9. The summed E-state index contributed by atoms with van der Waals surface area (Å²) in [6, 6.07) is 15.4. The van der Waals surface area contributed by atoms with Crippen LogP contribution in [0, 0.1) is 0 Å². The molecule has 0 fully saturated rings. The molecular weight excluding hydrogens is 326 g/mol. The van der Waals surface area contributed by atoms with E-state index < -0.39 is 0 Å². The molecule has 3 rings (SSSR count). The number of H-pyrrole nitrogens is 1. The number of hydrogen-bond acceptors (Lipinski definition) is 3. The molecule has 26 heavy (non-hydrogen) atoms. The lowest BCUT2D eigenvalue weighted by molar-refractivity contribution is -0.144. The van der Waals surface area contributed by atoms with Gasteiger partial charge in [-0.25, -0.2) is 0 Å². The molecule has 134 valence electrons. The minimum Gasteiger partial charge on any atom is -0.457 e. The molecule has 0 aliphatic carbocycles. The summed E-state index contributed by atoms with van der Waals surface area (Å²) in [6.45, 7) is 3.77. The molecule has 0 spiro atoms. The van der Waals surface area contributed by atoms with Crippen molar-refractivity contribution >= 4 is 22.7 Å². The van der Waals surface area contributed by atoms with Crippen LogP contribution in [0.2, 0.25) is 0 Å². The van der Waals surface area contributed by atoms with Crippen molar-refractivity contribution in [2.45, 2.75) is 32.6 Å². The summed E-state index contributed by atoms with van der Waals surface area (Å²) in [5.41, 5.74) is 3.61. The highest BCUT2D eigenvalue weighted by molar-refractivity contribution is 6.09. The summed E-state index contributed by atoms with van der Waals surface area (Å²) >= 11 is 0. The number of fused-ring (bicyclic) bond motifs is 1. The van der Waals surface area contributed by atoms with Crippen LogP contribution in [0.25, 0.3) is 10.9 Å². The van der Waals surface area contributed by atoms with Crippen LogP contribution in [0.5, 0.6) is 0 Å². The van der Waals surface area contributed by atoms with Gasteiger partial charge >= 0.3 is 5.97 Å². The fraction of sp³-hybridized carbons (Fsp3) is 0.273. The van der Waals surface area contributed by atoms with Crippen LogP contribution >= 0.6 is 0 Å². The number of ketones is 1. The summed E-state index contributed by atoms with van der Waals surface area (Å²) in [5.74, 6) is -0.902. The largest absolute Gasteiger partial charge is 0.457 e. The van der Waals surface area contributed by atoms with Crippen LogP contribution in [0.3, 0.4) is 0 Å². The maximum absolute atomic E-state index is 12.6. The molecule has 1 heterocycles. The Balaban J connectivity index is 1.72. The number of aryl methyl sites for hydroxylation is 1. The number of aromatic nitrogens is 1. The molecule has 3 aromatic rings. The van der Waals surface area contributed by atoms with Gasteiger partial charge in [-0.1, -0.05) is 62.4 Å². The summed E-state index contributed by atoms with van der Waals surface area (Å²) in [4.78, 5) is 28.2. The zero-order chi connectivity index (χ0) is 18.5. The van der Waals surface area contributed by atoms with E-state index in [4.69, 9.17) is 4.74 Å². The van der Waals surface area contributed by atoms with Gasteiger partial charge in [-0.05, 0) is 24.0 Å². The standard InChI is InChI=1S/C22H23NO3/c1-3-15-11-8-12-18-19(13-23-21(15)18)20(24)14-26-22(25)17(4-2)16-9-6-5-7-10-16/h5-13,17,23H,3-4,14H2,1-2H3/t17-/m0/s1. The maximum Gasteiger partial charge on any atom is 0.313 e. The topological polar surface area (TPSA) is 59.2 Å². The third-order valence-electron chi connectivity index (χ3n) is 4.72. The molecule has 0 aliphatic rings. The predicted octanol–water partition coefficient (Wildman–Crippen LogP) is 4.65. The lowest BCUT2D eigenvalue weighted by atomic mass is 9.97. The quantitative estimate of drug-likeness (QED) is 0.499. The normalized spacial score (nSPS) is 12.1. The second kappa shape index (κ2) is 8.00. The van der Waals surface area contributed by atoms with Crippen molar-refractivity contribution < 1.29 is 14.3 Å². The van der Waals surface area contributed by atoms with E-state index >= 15 is 0 Å². The molecule has 4 nitrogen and oxygen atoms in total. The van der Waals surface area contributed by atoms with Gasteiger partial charge in [0.25, 0.3) is 0 Å². The first-order valence-electron chi connectivity index (χ1n) is 8.99. The Bertz CT molecular complexity index is 912. The number of nitrogens with one attached hydrogen (secondary N) is 1. The number of carbonyl (C=O) groups excluding carboxylic acids is 2. The Morgan fingerprint density at radius 2 is 1.81 bits per heavy atom. The third-order valence-corrected chi connectivity index (χ3v) is 4.72. The number of hydrogen-bond donors (Lipinski definition) is 1. The van der Waals surface area contributed by atoms with Crippen molar-refractivity contribution in [1.82, 2.24) is 4.98 Å². The van der Waals surface area contributed by atoms with Crippen molar-refractivity contribution in [3.05, 3.63) is 71.4 Å². The number of Topliss-reactive ketones (excluding diaryl/α,β-unsaturated/α-hetero) is 1. The van der Waals surface area contributed by atoms with E-state index in [1.54, 1.807) is 6.20 Å². The van der Waals surface area contributed by atoms with Gasteiger partial charge in [0.15, 0.2) is 6.61 Å². The van der Waals surface area contributed by atoms with Gasteiger partial charge in [0.1, 0.15) is 0 Å². The van der Waals surface area contributed by atoms with Crippen LogP contribution < -0.4 is 0 Å². The Hall–Kier alpha value is -2.88. The van der Waals surface area contributed by atoms with E-state index in [2.05, 4.69) is 11.9 Å². The smallest absolute Gasteiger partial charge is 0.313 e. The lowest BCUT2D eigenvalue weighted by Crippen LogP contribution is -2.19. The number of esters is 1. The zero-order valence-electron chi connectivity index (χ0n) is 15.1. The van der Waals surface area contributed by atoms with Gasteiger partial charge in [-0.3, -0.25) is 9.59 Å². The van der Waals surface area contributed by atoms with E-state index in [1.165, 1.54) is 0 Å². The van der Waals surface area contributed by atoms with E-state index in [1.807, 2.05) is 55.5 Å². The molecule has 0 saturated carbocycles. The van der Waals surface area contributed by atoms with E-state index in [0.717, 1.165) is 28.5 Å². The first-order chi connectivity index (χ1) is 12.7. The number of ether oxygens (including phenoxy) is 1. The fourth-order valence-electron chi connectivity index (χ4n) is 3.28. The van der Waals surface area contributed by atoms with Gasteiger partial charge in [0.05, 0.1) is 5.92 Å². The zero-order valence-corrected chi connectivity index (χ0v) is 15.1. The van der Waals surface area contributed by atoms with E-state index in [9.17, 15) is 9.59 Å². The molecule has 0 radical (unpaired) electrons. The second-order valence-corrected chi connectivity index (χ2v) is 6.30. The monoisotopic (exact) mass is 349 g/mol. The first-order valence-corrected chi connectivity index (χ1v) is 8.99. The van der Waals surface area contributed by atoms with Crippen molar-refractivity contribution in [2.24, 2.45) is 0 Å².